The summed E-state index contributed by atoms with van der Waals surface area (Å²) in [5.74, 6) is 0. The average molecular weight is 319 g/mol. The number of unbranched alkanes of at least 4 members (excludes halogenated alkanes) is 11. The van der Waals surface area contributed by atoms with Gasteiger partial charge in [-0.1, -0.05) is 104 Å². The highest BCUT2D eigenvalue weighted by Crippen LogP contribution is 2.27. The summed E-state index contributed by atoms with van der Waals surface area (Å²) in [5.41, 5.74) is 0. The van der Waals surface area contributed by atoms with Gasteiger partial charge in [-0.05, 0) is 12.1 Å². The second-order valence-electron chi connectivity index (χ2n) is 6.80. The highest BCUT2D eigenvalue weighted by atomic mass is 35.6. The van der Waals surface area contributed by atoms with Crippen LogP contribution in [0.3, 0.4) is 0 Å². The first-order valence-electron chi connectivity index (χ1n) is 9.31. The van der Waals surface area contributed by atoms with Gasteiger partial charge in [0.1, 0.15) is 0 Å². The quantitative estimate of drug-likeness (QED) is 0.163. The van der Waals surface area contributed by atoms with E-state index in [1.54, 1.807) is 0 Å². The zero-order chi connectivity index (χ0) is 15.1. The van der Waals surface area contributed by atoms with Crippen LogP contribution in [-0.4, -0.2) is 7.38 Å². The van der Waals surface area contributed by atoms with Gasteiger partial charge in [0.2, 0.25) is 0 Å². The molecule has 0 heterocycles. The average Bonchev–Trinajstić information content (AvgIpc) is 2.41. The number of halogens is 1. The molecule has 0 rings (SSSR count). The van der Waals surface area contributed by atoms with Crippen LogP contribution in [0.1, 0.15) is 97.3 Å². The first-order valence-corrected chi connectivity index (χ1v) is 13.2. The Bertz CT molecular complexity index is 192. The molecule has 1 atom stereocenters. The van der Waals surface area contributed by atoms with E-state index in [1.807, 2.05) is 0 Å². The summed E-state index contributed by atoms with van der Waals surface area (Å²) < 4.78 is 0. The van der Waals surface area contributed by atoms with Crippen LogP contribution in [0.25, 0.3) is 0 Å². The van der Waals surface area contributed by atoms with E-state index in [1.165, 1.54) is 95.6 Å². The van der Waals surface area contributed by atoms with Gasteiger partial charge >= 0.3 is 0 Å². The molecular formula is C18H39ClSi. The normalized spacial score (nSPS) is 14.4. The van der Waals surface area contributed by atoms with Gasteiger partial charge in [-0.15, -0.1) is 0 Å². The van der Waals surface area contributed by atoms with Crippen molar-refractivity contribution in [3.8, 4) is 0 Å². The van der Waals surface area contributed by atoms with Gasteiger partial charge in [-0.2, -0.15) is 11.1 Å². The van der Waals surface area contributed by atoms with Gasteiger partial charge in [0.25, 0.3) is 0 Å². The van der Waals surface area contributed by atoms with E-state index in [-0.39, 0.29) is 0 Å². The Morgan fingerprint density at radius 1 is 0.550 bits per heavy atom. The van der Waals surface area contributed by atoms with Crippen molar-refractivity contribution in [1.82, 2.24) is 0 Å². The van der Waals surface area contributed by atoms with E-state index in [2.05, 4.69) is 20.4 Å². The Morgan fingerprint density at radius 2 is 0.850 bits per heavy atom. The molecule has 0 aliphatic carbocycles. The molecule has 0 amide bonds. The van der Waals surface area contributed by atoms with Gasteiger partial charge in [0, 0.05) is 0 Å². The lowest BCUT2D eigenvalue weighted by atomic mass is 10.1. The predicted molar refractivity (Wildman–Crippen MR) is 98.5 cm³/mol. The van der Waals surface area contributed by atoms with Crippen molar-refractivity contribution >= 4 is 18.5 Å². The summed E-state index contributed by atoms with van der Waals surface area (Å²) in [7, 11) is -1.37. The van der Waals surface area contributed by atoms with Crippen molar-refractivity contribution in [2.24, 2.45) is 0 Å². The lowest BCUT2D eigenvalue weighted by molar-refractivity contribution is 0.599. The molecule has 0 bridgehead atoms. The summed E-state index contributed by atoms with van der Waals surface area (Å²) in [6.07, 6.45) is 18.3. The van der Waals surface area contributed by atoms with Gasteiger partial charge in [-0.3, -0.25) is 0 Å². The second kappa shape index (κ2) is 14.4. The summed E-state index contributed by atoms with van der Waals surface area (Å²) in [6, 6.07) is 2.69. The molecule has 0 aromatic heterocycles. The van der Waals surface area contributed by atoms with Crippen LogP contribution >= 0.6 is 11.1 Å². The van der Waals surface area contributed by atoms with Crippen LogP contribution in [0, 0.1) is 0 Å². The standard InChI is InChI=1S/C18H39ClSi/c1-4-6-8-10-12-14-16-18-20(3,19)17-15-13-11-9-7-5-2/h4-18H2,1-3H3. The van der Waals surface area contributed by atoms with E-state index in [0.717, 1.165) is 0 Å². The fraction of sp³-hybridized carbons (Fsp3) is 1.00. The monoisotopic (exact) mass is 318 g/mol. The SMILES string of the molecule is CCCCCCCCC[Si](C)(Cl)CCCCCCCC. The summed E-state index contributed by atoms with van der Waals surface area (Å²) >= 11 is 6.78. The largest absolute Gasteiger partial charge is 0.167 e. The maximum Gasteiger partial charge on any atom is 0.153 e. The lowest BCUT2D eigenvalue weighted by Gasteiger charge is -2.19. The zero-order valence-corrected chi connectivity index (χ0v) is 16.2. The Hall–Kier alpha value is 0.507. The molecule has 0 aromatic rings. The smallest absolute Gasteiger partial charge is 0.153 e. The minimum atomic E-state index is -1.37. The summed E-state index contributed by atoms with van der Waals surface area (Å²) in [5, 5.41) is 0. The van der Waals surface area contributed by atoms with Crippen LogP contribution in [0.15, 0.2) is 0 Å². The molecule has 0 aliphatic rings. The maximum absolute atomic E-state index is 6.78. The molecule has 0 saturated carbocycles. The molecular weight excluding hydrogens is 280 g/mol. The predicted octanol–water partition coefficient (Wildman–Crippen LogP) is 7.91. The maximum atomic E-state index is 6.78. The van der Waals surface area contributed by atoms with Gasteiger partial charge in [-0.25, -0.2) is 0 Å². The van der Waals surface area contributed by atoms with Crippen molar-refractivity contribution in [3.63, 3.8) is 0 Å². The molecule has 1 unspecified atom stereocenters. The summed E-state index contributed by atoms with van der Waals surface area (Å²) in [4.78, 5) is 0. The van der Waals surface area contributed by atoms with E-state index in [0.29, 0.717) is 0 Å². The first-order chi connectivity index (χ1) is 9.62. The minimum absolute atomic E-state index is 1.34. The van der Waals surface area contributed by atoms with Gasteiger partial charge < -0.3 is 0 Å². The van der Waals surface area contributed by atoms with E-state index >= 15 is 0 Å². The lowest BCUT2D eigenvalue weighted by Crippen LogP contribution is -2.21. The molecule has 0 aromatic carbocycles. The van der Waals surface area contributed by atoms with Crippen molar-refractivity contribution in [2.75, 3.05) is 0 Å². The fourth-order valence-corrected chi connectivity index (χ4v) is 5.88. The molecule has 0 nitrogen and oxygen atoms in total. The third kappa shape index (κ3) is 14.9. The van der Waals surface area contributed by atoms with Crippen LogP contribution in [0.2, 0.25) is 18.6 Å². The molecule has 0 aliphatic heterocycles. The minimum Gasteiger partial charge on any atom is -0.167 e. The summed E-state index contributed by atoms with van der Waals surface area (Å²) in [6.45, 7) is 6.95. The van der Waals surface area contributed by atoms with Crippen LogP contribution in [0.4, 0.5) is 0 Å². The molecule has 0 fully saturated rings. The van der Waals surface area contributed by atoms with Crippen LogP contribution in [-0.2, 0) is 0 Å². The number of hydrogen-bond acceptors (Lipinski definition) is 0. The number of rotatable bonds is 15. The van der Waals surface area contributed by atoms with Crippen molar-refractivity contribution in [2.45, 2.75) is 116 Å². The molecule has 20 heavy (non-hydrogen) atoms. The third-order valence-corrected chi connectivity index (χ3v) is 8.28. The second-order valence-corrected chi connectivity index (χ2v) is 13.4. The van der Waals surface area contributed by atoms with Crippen molar-refractivity contribution < 1.29 is 0 Å². The van der Waals surface area contributed by atoms with E-state index in [4.69, 9.17) is 11.1 Å². The first kappa shape index (κ1) is 20.5. The molecule has 0 N–H and O–H groups in total. The van der Waals surface area contributed by atoms with Gasteiger partial charge in [0.15, 0.2) is 7.38 Å². The Morgan fingerprint density at radius 3 is 1.20 bits per heavy atom. The molecule has 0 radical (unpaired) electrons. The Balaban J connectivity index is 3.35. The molecule has 0 spiro atoms. The van der Waals surface area contributed by atoms with E-state index in [9.17, 15) is 0 Å². The van der Waals surface area contributed by atoms with Crippen molar-refractivity contribution in [3.05, 3.63) is 0 Å². The highest BCUT2D eigenvalue weighted by molar-refractivity contribution is 7.19. The molecule has 122 valence electrons. The topological polar surface area (TPSA) is 0 Å². The molecule has 2 heteroatoms. The highest BCUT2D eigenvalue weighted by Gasteiger charge is 2.22. The zero-order valence-electron chi connectivity index (χ0n) is 14.5. The number of hydrogen-bond donors (Lipinski definition) is 0. The van der Waals surface area contributed by atoms with E-state index < -0.39 is 7.38 Å². The fourth-order valence-electron chi connectivity index (χ4n) is 2.85. The van der Waals surface area contributed by atoms with Crippen LogP contribution < -0.4 is 0 Å². The molecule has 0 saturated heterocycles. The Labute approximate surface area is 134 Å². The van der Waals surface area contributed by atoms with Crippen LogP contribution in [0.5, 0.6) is 0 Å². The van der Waals surface area contributed by atoms with Gasteiger partial charge in [0.05, 0.1) is 0 Å². The Kier molecular flexibility index (Phi) is 14.8. The third-order valence-electron chi connectivity index (χ3n) is 4.35. The van der Waals surface area contributed by atoms with Crippen molar-refractivity contribution in [1.29, 1.82) is 0 Å².